The number of aliphatic hydroxyl groups excluding tert-OH is 1. The molecule has 0 radical (unpaired) electrons. The first-order valence-corrected chi connectivity index (χ1v) is 7.87. The number of hydrogen-bond donors (Lipinski definition) is 2. The molecular formula is C17H21ClN2O3. The first-order chi connectivity index (χ1) is 11.1. The molecular weight excluding hydrogens is 316 g/mol. The zero-order valence-electron chi connectivity index (χ0n) is 13.3. The van der Waals surface area contributed by atoms with Crippen LogP contribution >= 0.6 is 11.6 Å². The summed E-state index contributed by atoms with van der Waals surface area (Å²) in [6.07, 6.45) is 5.10. The SMILES string of the molecule is COc1cc(-n2cccc2)c(Cl)cc1C(=O)NC(C)CCCO. The van der Waals surface area contributed by atoms with Gasteiger partial charge in [-0.3, -0.25) is 4.79 Å². The van der Waals surface area contributed by atoms with Crippen LogP contribution in [0.5, 0.6) is 5.75 Å². The Morgan fingerprint density at radius 2 is 2.09 bits per heavy atom. The van der Waals surface area contributed by atoms with Crippen molar-refractivity contribution in [1.29, 1.82) is 0 Å². The first kappa shape index (κ1) is 17.4. The summed E-state index contributed by atoms with van der Waals surface area (Å²) in [4.78, 5) is 12.4. The molecule has 2 aromatic rings. The van der Waals surface area contributed by atoms with Gasteiger partial charge in [0, 0.05) is 31.1 Å². The summed E-state index contributed by atoms with van der Waals surface area (Å²) in [6, 6.07) is 7.11. The highest BCUT2D eigenvalue weighted by Crippen LogP contribution is 2.30. The second-order valence-corrected chi connectivity index (χ2v) is 5.74. The van der Waals surface area contributed by atoms with Gasteiger partial charge < -0.3 is 19.7 Å². The van der Waals surface area contributed by atoms with Gasteiger partial charge >= 0.3 is 0 Å². The van der Waals surface area contributed by atoms with Crippen LogP contribution in [0.1, 0.15) is 30.1 Å². The van der Waals surface area contributed by atoms with Crippen LogP contribution < -0.4 is 10.1 Å². The molecule has 0 spiro atoms. The minimum atomic E-state index is -0.242. The third-order valence-corrected chi connectivity index (χ3v) is 3.87. The number of nitrogens with one attached hydrogen (secondary N) is 1. The van der Waals surface area contributed by atoms with Gasteiger partial charge in [-0.25, -0.2) is 0 Å². The zero-order valence-corrected chi connectivity index (χ0v) is 14.0. The molecule has 0 aliphatic rings. The Labute approximate surface area is 140 Å². The number of amides is 1. The van der Waals surface area contributed by atoms with Crippen LogP contribution in [-0.2, 0) is 0 Å². The van der Waals surface area contributed by atoms with Gasteiger partial charge in [0.25, 0.3) is 5.91 Å². The summed E-state index contributed by atoms with van der Waals surface area (Å²) in [7, 11) is 1.52. The Balaban J connectivity index is 2.25. The standard InChI is InChI=1S/C17H21ClN2O3/c1-12(6-5-9-21)19-17(22)13-10-14(18)15(11-16(13)23-2)20-7-3-4-8-20/h3-4,7-8,10-12,21H,5-6,9H2,1-2H3,(H,19,22). The first-order valence-electron chi connectivity index (χ1n) is 7.49. The van der Waals surface area contributed by atoms with Crippen molar-refractivity contribution in [1.82, 2.24) is 9.88 Å². The Hall–Kier alpha value is -1.98. The summed E-state index contributed by atoms with van der Waals surface area (Å²) >= 11 is 6.32. The second kappa shape index (κ2) is 8.04. The van der Waals surface area contributed by atoms with Gasteiger partial charge in [0.1, 0.15) is 5.75 Å². The van der Waals surface area contributed by atoms with E-state index in [1.165, 1.54) is 7.11 Å². The van der Waals surface area contributed by atoms with E-state index in [1.807, 2.05) is 36.0 Å². The molecule has 1 unspecified atom stereocenters. The average molecular weight is 337 g/mol. The lowest BCUT2D eigenvalue weighted by Crippen LogP contribution is -2.33. The fourth-order valence-electron chi connectivity index (χ4n) is 2.35. The smallest absolute Gasteiger partial charge is 0.255 e. The van der Waals surface area contributed by atoms with E-state index in [4.69, 9.17) is 21.4 Å². The van der Waals surface area contributed by atoms with E-state index in [-0.39, 0.29) is 18.6 Å². The number of aromatic nitrogens is 1. The zero-order chi connectivity index (χ0) is 16.8. The lowest BCUT2D eigenvalue weighted by molar-refractivity contribution is 0.0933. The third kappa shape index (κ3) is 4.27. The van der Waals surface area contributed by atoms with E-state index in [2.05, 4.69) is 5.32 Å². The summed E-state index contributed by atoms with van der Waals surface area (Å²) in [6.45, 7) is 2.01. The van der Waals surface area contributed by atoms with Crippen LogP contribution in [0.4, 0.5) is 0 Å². The van der Waals surface area contributed by atoms with Crippen LogP contribution in [0.25, 0.3) is 5.69 Å². The van der Waals surface area contributed by atoms with Gasteiger partial charge in [-0.1, -0.05) is 11.6 Å². The van der Waals surface area contributed by atoms with Crippen LogP contribution in [-0.4, -0.2) is 35.3 Å². The molecule has 0 aliphatic carbocycles. The van der Waals surface area contributed by atoms with Crippen LogP contribution in [0, 0.1) is 0 Å². The number of aliphatic hydroxyl groups is 1. The molecule has 1 aromatic carbocycles. The number of carbonyl (C=O) groups excluding carboxylic acids is 1. The van der Waals surface area contributed by atoms with Crippen molar-refractivity contribution in [3.8, 4) is 11.4 Å². The predicted molar refractivity (Wildman–Crippen MR) is 90.6 cm³/mol. The van der Waals surface area contributed by atoms with Crippen LogP contribution in [0.3, 0.4) is 0 Å². The predicted octanol–water partition coefficient (Wildman–Crippen LogP) is 3.03. The van der Waals surface area contributed by atoms with Crippen LogP contribution in [0.15, 0.2) is 36.7 Å². The maximum Gasteiger partial charge on any atom is 0.255 e. The van der Waals surface area contributed by atoms with Crippen LogP contribution in [0.2, 0.25) is 5.02 Å². The molecule has 0 bridgehead atoms. The largest absolute Gasteiger partial charge is 0.496 e. The van der Waals surface area contributed by atoms with Crippen molar-refractivity contribution in [3.63, 3.8) is 0 Å². The Bertz CT molecular complexity index is 656. The molecule has 2 rings (SSSR count). The van der Waals surface area contributed by atoms with Crippen molar-refractivity contribution in [2.24, 2.45) is 0 Å². The van der Waals surface area contributed by atoms with Gasteiger partial charge in [-0.15, -0.1) is 0 Å². The van der Waals surface area contributed by atoms with Gasteiger partial charge in [0.2, 0.25) is 0 Å². The second-order valence-electron chi connectivity index (χ2n) is 5.33. The van der Waals surface area contributed by atoms with E-state index in [0.29, 0.717) is 29.2 Å². The Morgan fingerprint density at radius 1 is 1.39 bits per heavy atom. The molecule has 0 saturated carbocycles. The van der Waals surface area contributed by atoms with Crippen molar-refractivity contribution in [2.45, 2.75) is 25.8 Å². The number of halogens is 1. The van der Waals surface area contributed by atoms with E-state index >= 15 is 0 Å². The molecule has 2 N–H and O–H groups in total. The van der Waals surface area contributed by atoms with E-state index in [0.717, 1.165) is 5.69 Å². The molecule has 1 amide bonds. The number of carbonyl (C=O) groups is 1. The molecule has 0 fully saturated rings. The highest BCUT2D eigenvalue weighted by Gasteiger charge is 2.18. The van der Waals surface area contributed by atoms with Gasteiger partial charge in [0.15, 0.2) is 0 Å². The number of benzene rings is 1. The molecule has 1 heterocycles. The summed E-state index contributed by atoms with van der Waals surface area (Å²) in [5, 5.41) is 12.2. The molecule has 0 saturated heterocycles. The number of methoxy groups -OCH3 is 1. The quantitative estimate of drug-likeness (QED) is 0.817. The monoisotopic (exact) mass is 336 g/mol. The molecule has 0 aliphatic heterocycles. The average Bonchev–Trinajstić information content (AvgIpc) is 3.06. The highest BCUT2D eigenvalue weighted by atomic mass is 35.5. The van der Waals surface area contributed by atoms with Gasteiger partial charge in [0.05, 0.1) is 23.4 Å². The molecule has 124 valence electrons. The third-order valence-electron chi connectivity index (χ3n) is 3.57. The number of hydrogen-bond acceptors (Lipinski definition) is 3. The Morgan fingerprint density at radius 3 is 2.70 bits per heavy atom. The minimum absolute atomic E-state index is 0.0396. The summed E-state index contributed by atoms with van der Waals surface area (Å²) in [5.41, 5.74) is 1.14. The van der Waals surface area contributed by atoms with Crippen molar-refractivity contribution >= 4 is 17.5 Å². The molecule has 1 atom stereocenters. The number of nitrogens with zero attached hydrogens (tertiary/aromatic N) is 1. The maximum atomic E-state index is 12.4. The lowest BCUT2D eigenvalue weighted by atomic mass is 10.1. The molecule has 1 aromatic heterocycles. The van der Waals surface area contributed by atoms with Gasteiger partial charge in [-0.2, -0.15) is 0 Å². The number of rotatable bonds is 7. The minimum Gasteiger partial charge on any atom is -0.496 e. The normalized spacial score (nSPS) is 12.0. The molecule has 23 heavy (non-hydrogen) atoms. The van der Waals surface area contributed by atoms with Crippen molar-refractivity contribution < 1.29 is 14.6 Å². The van der Waals surface area contributed by atoms with Crippen molar-refractivity contribution in [2.75, 3.05) is 13.7 Å². The van der Waals surface area contributed by atoms with E-state index in [1.54, 1.807) is 12.1 Å². The summed E-state index contributed by atoms with van der Waals surface area (Å²) in [5.74, 6) is 0.221. The van der Waals surface area contributed by atoms with E-state index < -0.39 is 0 Å². The fourth-order valence-corrected chi connectivity index (χ4v) is 2.61. The molecule has 6 heteroatoms. The molecule has 5 nitrogen and oxygen atoms in total. The highest BCUT2D eigenvalue weighted by molar-refractivity contribution is 6.33. The maximum absolute atomic E-state index is 12.4. The van der Waals surface area contributed by atoms with Gasteiger partial charge in [-0.05, 0) is 38.0 Å². The summed E-state index contributed by atoms with van der Waals surface area (Å²) < 4.78 is 7.21. The topological polar surface area (TPSA) is 63.5 Å². The fraction of sp³-hybridized carbons (Fsp3) is 0.353. The van der Waals surface area contributed by atoms with E-state index in [9.17, 15) is 4.79 Å². The number of ether oxygens (including phenoxy) is 1. The Kier molecular flexibility index (Phi) is 6.07. The van der Waals surface area contributed by atoms with Crippen molar-refractivity contribution in [3.05, 3.63) is 47.2 Å². The lowest BCUT2D eigenvalue weighted by Gasteiger charge is -2.16.